The second-order valence-corrected chi connectivity index (χ2v) is 6.78. The maximum absolute atomic E-state index is 12.2. The number of rotatable bonds is 5. The lowest BCUT2D eigenvalue weighted by molar-refractivity contribution is -0.128. The highest BCUT2D eigenvalue weighted by Gasteiger charge is 2.37. The van der Waals surface area contributed by atoms with Crippen LogP contribution in [0.3, 0.4) is 0 Å². The van der Waals surface area contributed by atoms with Crippen LogP contribution < -0.4 is 16.4 Å². The van der Waals surface area contributed by atoms with Crippen molar-refractivity contribution in [2.24, 2.45) is 11.7 Å². The van der Waals surface area contributed by atoms with Gasteiger partial charge in [-0.05, 0) is 31.2 Å². The summed E-state index contributed by atoms with van der Waals surface area (Å²) in [6.45, 7) is 2.81. The Kier molecular flexibility index (Phi) is 5.36. The van der Waals surface area contributed by atoms with Crippen LogP contribution >= 0.6 is 11.3 Å². The standard InChI is InChI=1S/C15H23N3O2S/c1-15(16)7-3-2-5-11(15)13(19)17-8-9-18-14(20)12-6-4-10-21-12/h4,6,10-11H,2-3,5,7-9,16H2,1H3,(H,17,19)(H,18,20). The second kappa shape index (κ2) is 7.04. The van der Waals surface area contributed by atoms with Gasteiger partial charge in [-0.25, -0.2) is 0 Å². The number of hydrogen-bond donors (Lipinski definition) is 3. The van der Waals surface area contributed by atoms with Gasteiger partial charge < -0.3 is 16.4 Å². The summed E-state index contributed by atoms with van der Waals surface area (Å²) in [5, 5.41) is 7.53. The van der Waals surface area contributed by atoms with Crippen LogP contribution in [-0.2, 0) is 4.79 Å². The van der Waals surface area contributed by atoms with Gasteiger partial charge in [0, 0.05) is 18.6 Å². The van der Waals surface area contributed by atoms with Gasteiger partial charge in [-0.3, -0.25) is 9.59 Å². The summed E-state index contributed by atoms with van der Waals surface area (Å²) in [6.07, 6.45) is 3.88. The van der Waals surface area contributed by atoms with Gasteiger partial charge in [0.1, 0.15) is 0 Å². The Morgan fingerprint density at radius 3 is 2.81 bits per heavy atom. The van der Waals surface area contributed by atoms with E-state index in [2.05, 4.69) is 10.6 Å². The first-order valence-electron chi connectivity index (χ1n) is 7.39. The lowest BCUT2D eigenvalue weighted by atomic mass is 9.74. The monoisotopic (exact) mass is 309 g/mol. The molecule has 1 aliphatic rings. The molecule has 0 aliphatic heterocycles. The van der Waals surface area contributed by atoms with Gasteiger partial charge in [0.05, 0.1) is 10.8 Å². The normalized spacial score (nSPS) is 25.3. The molecule has 1 aliphatic carbocycles. The fourth-order valence-electron chi connectivity index (χ4n) is 2.77. The van der Waals surface area contributed by atoms with E-state index < -0.39 is 5.54 Å². The summed E-state index contributed by atoms with van der Waals surface area (Å²) in [5.41, 5.74) is 5.80. The van der Waals surface area contributed by atoms with Gasteiger partial charge >= 0.3 is 0 Å². The predicted octanol–water partition coefficient (Wildman–Crippen LogP) is 1.50. The zero-order chi connectivity index (χ0) is 15.3. The van der Waals surface area contributed by atoms with E-state index in [0.717, 1.165) is 25.7 Å². The van der Waals surface area contributed by atoms with Crippen LogP contribution in [0.1, 0.15) is 42.3 Å². The van der Waals surface area contributed by atoms with E-state index in [-0.39, 0.29) is 17.7 Å². The van der Waals surface area contributed by atoms with Crippen molar-refractivity contribution in [1.82, 2.24) is 10.6 Å². The first kappa shape index (κ1) is 16.0. The van der Waals surface area contributed by atoms with Crippen molar-refractivity contribution < 1.29 is 9.59 Å². The molecule has 0 radical (unpaired) electrons. The summed E-state index contributed by atoms with van der Waals surface area (Å²) in [5.74, 6) is -0.218. The van der Waals surface area contributed by atoms with Crippen molar-refractivity contribution >= 4 is 23.2 Å². The van der Waals surface area contributed by atoms with Crippen molar-refractivity contribution in [3.05, 3.63) is 22.4 Å². The first-order chi connectivity index (χ1) is 10.0. The highest BCUT2D eigenvalue weighted by atomic mass is 32.1. The van der Waals surface area contributed by atoms with Gasteiger partial charge in [-0.15, -0.1) is 11.3 Å². The number of carbonyl (C=O) groups excluding carboxylic acids is 2. The minimum atomic E-state index is -0.414. The van der Waals surface area contributed by atoms with E-state index >= 15 is 0 Å². The minimum Gasteiger partial charge on any atom is -0.354 e. The highest BCUT2D eigenvalue weighted by molar-refractivity contribution is 7.12. The van der Waals surface area contributed by atoms with E-state index in [1.807, 2.05) is 18.4 Å². The third-order valence-corrected chi connectivity index (χ3v) is 4.89. The van der Waals surface area contributed by atoms with Crippen molar-refractivity contribution in [3.8, 4) is 0 Å². The molecule has 4 N–H and O–H groups in total. The van der Waals surface area contributed by atoms with Crippen molar-refractivity contribution in [3.63, 3.8) is 0 Å². The van der Waals surface area contributed by atoms with Crippen LogP contribution in [0.4, 0.5) is 0 Å². The van der Waals surface area contributed by atoms with E-state index in [1.165, 1.54) is 11.3 Å². The second-order valence-electron chi connectivity index (χ2n) is 5.83. The third-order valence-electron chi connectivity index (χ3n) is 4.03. The van der Waals surface area contributed by atoms with Gasteiger partial charge in [0.25, 0.3) is 5.91 Å². The Labute approximate surface area is 129 Å². The fourth-order valence-corrected chi connectivity index (χ4v) is 3.41. The molecule has 116 valence electrons. The number of thiophene rings is 1. The summed E-state index contributed by atoms with van der Waals surface area (Å²) in [6, 6.07) is 3.62. The van der Waals surface area contributed by atoms with Crippen molar-refractivity contribution in [2.75, 3.05) is 13.1 Å². The maximum atomic E-state index is 12.2. The van der Waals surface area contributed by atoms with Crippen LogP contribution in [-0.4, -0.2) is 30.4 Å². The maximum Gasteiger partial charge on any atom is 0.261 e. The molecular weight excluding hydrogens is 286 g/mol. The number of carbonyl (C=O) groups is 2. The summed E-state index contributed by atoms with van der Waals surface area (Å²) in [7, 11) is 0. The average Bonchev–Trinajstić information content (AvgIpc) is 2.96. The number of nitrogens with two attached hydrogens (primary N) is 1. The largest absolute Gasteiger partial charge is 0.354 e. The molecule has 2 amide bonds. The molecular formula is C15H23N3O2S. The van der Waals surface area contributed by atoms with Crippen molar-refractivity contribution in [2.45, 2.75) is 38.1 Å². The highest BCUT2D eigenvalue weighted by Crippen LogP contribution is 2.31. The van der Waals surface area contributed by atoms with E-state index in [0.29, 0.717) is 18.0 Å². The Morgan fingerprint density at radius 1 is 1.38 bits per heavy atom. The lowest BCUT2D eigenvalue weighted by Gasteiger charge is -2.37. The average molecular weight is 309 g/mol. The molecule has 2 atom stereocenters. The molecule has 0 aromatic carbocycles. The Morgan fingerprint density at radius 2 is 2.14 bits per heavy atom. The summed E-state index contributed by atoms with van der Waals surface area (Å²) in [4.78, 5) is 24.6. The number of nitrogens with one attached hydrogen (secondary N) is 2. The van der Waals surface area contributed by atoms with Gasteiger partial charge in [-0.2, -0.15) is 0 Å². The van der Waals surface area contributed by atoms with Gasteiger partial charge in [0.15, 0.2) is 0 Å². The van der Waals surface area contributed by atoms with E-state index in [1.54, 1.807) is 6.07 Å². The molecule has 1 saturated carbocycles. The quantitative estimate of drug-likeness (QED) is 0.721. The van der Waals surface area contributed by atoms with Gasteiger partial charge in [0.2, 0.25) is 5.91 Å². The van der Waals surface area contributed by atoms with Crippen LogP contribution in [0.15, 0.2) is 17.5 Å². The molecule has 1 aromatic heterocycles. The van der Waals surface area contributed by atoms with Crippen molar-refractivity contribution in [1.29, 1.82) is 0 Å². The number of amides is 2. The molecule has 1 aromatic rings. The molecule has 1 heterocycles. The van der Waals surface area contributed by atoms with Gasteiger partial charge in [-0.1, -0.05) is 18.9 Å². The Hall–Kier alpha value is -1.40. The predicted molar refractivity (Wildman–Crippen MR) is 84.2 cm³/mol. The SMILES string of the molecule is CC1(N)CCCCC1C(=O)NCCNC(=O)c1cccs1. The Balaban J connectivity index is 1.71. The van der Waals surface area contributed by atoms with Crippen LogP contribution in [0.2, 0.25) is 0 Å². The smallest absolute Gasteiger partial charge is 0.261 e. The zero-order valence-corrected chi connectivity index (χ0v) is 13.2. The molecule has 0 saturated heterocycles. The Bertz CT molecular complexity index is 485. The molecule has 1 fully saturated rings. The van der Waals surface area contributed by atoms with E-state index in [9.17, 15) is 9.59 Å². The molecule has 2 unspecified atom stereocenters. The first-order valence-corrected chi connectivity index (χ1v) is 8.27. The summed E-state index contributed by atoms with van der Waals surface area (Å²) < 4.78 is 0. The molecule has 6 heteroatoms. The topological polar surface area (TPSA) is 84.2 Å². The zero-order valence-electron chi connectivity index (χ0n) is 12.4. The molecule has 0 spiro atoms. The summed E-state index contributed by atoms with van der Waals surface area (Å²) >= 11 is 1.40. The molecule has 5 nitrogen and oxygen atoms in total. The molecule has 2 rings (SSSR count). The van der Waals surface area contributed by atoms with Crippen LogP contribution in [0.25, 0.3) is 0 Å². The lowest BCUT2D eigenvalue weighted by Crippen LogP contribution is -2.53. The van der Waals surface area contributed by atoms with Crippen LogP contribution in [0, 0.1) is 5.92 Å². The third kappa shape index (κ3) is 4.28. The van der Waals surface area contributed by atoms with E-state index in [4.69, 9.17) is 5.73 Å². The molecule has 21 heavy (non-hydrogen) atoms. The number of hydrogen-bond acceptors (Lipinski definition) is 4. The minimum absolute atomic E-state index is 0.00470. The van der Waals surface area contributed by atoms with Crippen LogP contribution in [0.5, 0.6) is 0 Å². The fraction of sp³-hybridized carbons (Fsp3) is 0.600. The molecule has 0 bridgehead atoms.